The zero-order valence-electron chi connectivity index (χ0n) is 15.7. The quantitative estimate of drug-likeness (QED) is 0.752. The van der Waals surface area contributed by atoms with Gasteiger partial charge >= 0.3 is 0 Å². The van der Waals surface area contributed by atoms with Crippen molar-refractivity contribution in [1.82, 2.24) is 9.97 Å². The van der Waals surface area contributed by atoms with Crippen molar-refractivity contribution in [3.8, 4) is 0 Å². The van der Waals surface area contributed by atoms with Gasteiger partial charge in [-0.3, -0.25) is 4.79 Å². The van der Waals surface area contributed by atoms with Crippen LogP contribution in [0.15, 0.2) is 54.7 Å². The molecule has 136 valence electrons. The van der Waals surface area contributed by atoms with Gasteiger partial charge in [-0.1, -0.05) is 24.3 Å². The molecule has 1 aromatic heterocycles. The highest BCUT2D eigenvalue weighted by Gasteiger charge is 2.31. The van der Waals surface area contributed by atoms with E-state index in [1.807, 2.05) is 49.1 Å². The first kappa shape index (κ1) is 17.2. The number of carbonyl (C=O) groups is 1. The molecule has 1 aliphatic heterocycles. The predicted molar refractivity (Wildman–Crippen MR) is 108 cm³/mol. The number of anilines is 3. The van der Waals surface area contributed by atoms with Gasteiger partial charge in [0.05, 0.1) is 0 Å². The zero-order chi connectivity index (χ0) is 19.0. The van der Waals surface area contributed by atoms with Crippen molar-refractivity contribution < 1.29 is 4.79 Å². The highest BCUT2D eigenvalue weighted by atomic mass is 16.2. The third-order valence-electron chi connectivity index (χ3n) is 4.78. The second-order valence-corrected chi connectivity index (χ2v) is 7.12. The van der Waals surface area contributed by atoms with Crippen molar-refractivity contribution in [3.63, 3.8) is 0 Å². The molecule has 1 amide bonds. The van der Waals surface area contributed by atoms with Crippen molar-refractivity contribution >= 4 is 23.2 Å². The number of aryl methyl sites for hydroxylation is 2. The standard InChI is InChI=1S/C22H22N4O/c1-14-10-15(2)12-18(11-14)24-22-23-9-8-19(25-22)21(27)26-16(3)13-17-6-4-5-7-20(17)26/h4-12,16H,13H2,1-3H3,(H,23,24,25). The van der Waals surface area contributed by atoms with Gasteiger partial charge in [0.25, 0.3) is 5.91 Å². The van der Waals surface area contributed by atoms with Gasteiger partial charge in [-0.2, -0.15) is 0 Å². The molecule has 0 spiro atoms. The molecule has 0 bridgehead atoms. The van der Waals surface area contributed by atoms with E-state index < -0.39 is 0 Å². The molecule has 5 nitrogen and oxygen atoms in total. The topological polar surface area (TPSA) is 58.1 Å². The number of amides is 1. The van der Waals surface area contributed by atoms with Crippen LogP contribution in [0.2, 0.25) is 0 Å². The Bertz CT molecular complexity index is 994. The Kier molecular flexibility index (Phi) is 4.36. The summed E-state index contributed by atoms with van der Waals surface area (Å²) < 4.78 is 0. The number of carbonyl (C=O) groups excluding carboxylic acids is 1. The lowest BCUT2D eigenvalue weighted by atomic mass is 10.1. The summed E-state index contributed by atoms with van der Waals surface area (Å²) in [5.41, 5.74) is 5.79. The van der Waals surface area contributed by atoms with Crippen LogP contribution < -0.4 is 10.2 Å². The minimum Gasteiger partial charge on any atom is -0.324 e. The first-order valence-corrected chi connectivity index (χ1v) is 9.11. The van der Waals surface area contributed by atoms with Crippen LogP contribution in [0.5, 0.6) is 0 Å². The van der Waals surface area contributed by atoms with Crippen molar-refractivity contribution in [3.05, 3.63) is 77.1 Å². The normalized spacial score (nSPS) is 15.5. The Hall–Kier alpha value is -3.21. The Balaban J connectivity index is 1.62. The molecule has 3 aromatic rings. The molecule has 5 heteroatoms. The first-order chi connectivity index (χ1) is 13.0. The van der Waals surface area contributed by atoms with Crippen LogP contribution in [0.4, 0.5) is 17.3 Å². The van der Waals surface area contributed by atoms with E-state index in [-0.39, 0.29) is 11.9 Å². The molecule has 0 saturated heterocycles. The van der Waals surface area contributed by atoms with Gasteiger partial charge in [-0.05, 0) is 68.1 Å². The maximum atomic E-state index is 13.1. The van der Waals surface area contributed by atoms with Gasteiger partial charge in [-0.15, -0.1) is 0 Å². The number of benzene rings is 2. The lowest BCUT2D eigenvalue weighted by molar-refractivity contribution is 0.0976. The van der Waals surface area contributed by atoms with Gasteiger partial charge in [-0.25, -0.2) is 9.97 Å². The van der Waals surface area contributed by atoms with E-state index in [0.29, 0.717) is 11.6 Å². The Morgan fingerprint density at radius 2 is 1.85 bits per heavy atom. The Morgan fingerprint density at radius 3 is 2.63 bits per heavy atom. The molecule has 0 saturated carbocycles. The Morgan fingerprint density at radius 1 is 1.11 bits per heavy atom. The summed E-state index contributed by atoms with van der Waals surface area (Å²) in [4.78, 5) is 23.7. The van der Waals surface area contributed by atoms with Crippen LogP contribution in [0, 0.1) is 13.8 Å². The second kappa shape index (κ2) is 6.83. The van der Waals surface area contributed by atoms with Crippen molar-refractivity contribution in [2.75, 3.05) is 10.2 Å². The van der Waals surface area contributed by atoms with E-state index in [4.69, 9.17) is 0 Å². The van der Waals surface area contributed by atoms with Gasteiger partial charge < -0.3 is 10.2 Å². The number of rotatable bonds is 3. The van der Waals surface area contributed by atoms with E-state index >= 15 is 0 Å². The molecule has 1 aliphatic rings. The average molecular weight is 358 g/mol. The van der Waals surface area contributed by atoms with Crippen molar-refractivity contribution in [1.29, 1.82) is 0 Å². The maximum Gasteiger partial charge on any atom is 0.277 e. The molecule has 2 aromatic carbocycles. The summed E-state index contributed by atoms with van der Waals surface area (Å²) >= 11 is 0. The Labute approximate surface area is 159 Å². The number of hydrogen-bond acceptors (Lipinski definition) is 4. The smallest absolute Gasteiger partial charge is 0.277 e. The summed E-state index contributed by atoms with van der Waals surface area (Å²) in [7, 11) is 0. The lowest BCUT2D eigenvalue weighted by Gasteiger charge is -2.22. The van der Waals surface area contributed by atoms with Crippen LogP contribution in [0.3, 0.4) is 0 Å². The summed E-state index contributed by atoms with van der Waals surface area (Å²) in [6.07, 6.45) is 2.48. The van der Waals surface area contributed by atoms with Gasteiger partial charge in [0.2, 0.25) is 5.95 Å². The molecule has 1 unspecified atom stereocenters. The molecule has 1 N–H and O–H groups in total. The van der Waals surface area contributed by atoms with E-state index in [1.54, 1.807) is 12.3 Å². The zero-order valence-corrected chi connectivity index (χ0v) is 15.7. The second-order valence-electron chi connectivity index (χ2n) is 7.12. The molecule has 0 fully saturated rings. The third kappa shape index (κ3) is 3.40. The fraction of sp³-hybridized carbons (Fsp3) is 0.227. The monoisotopic (exact) mass is 358 g/mol. The summed E-state index contributed by atoms with van der Waals surface area (Å²) in [6, 6.07) is 16.0. The molecule has 4 rings (SSSR count). The average Bonchev–Trinajstić information content (AvgIpc) is 2.96. The number of para-hydroxylation sites is 1. The fourth-order valence-electron chi connectivity index (χ4n) is 3.71. The van der Waals surface area contributed by atoms with Crippen LogP contribution in [-0.4, -0.2) is 21.9 Å². The number of fused-ring (bicyclic) bond motifs is 1. The summed E-state index contributed by atoms with van der Waals surface area (Å²) in [5.74, 6) is 0.323. The number of hydrogen-bond donors (Lipinski definition) is 1. The van der Waals surface area contributed by atoms with E-state index in [9.17, 15) is 4.79 Å². The largest absolute Gasteiger partial charge is 0.324 e. The number of aromatic nitrogens is 2. The van der Waals surface area contributed by atoms with Crippen LogP contribution in [0.25, 0.3) is 0 Å². The predicted octanol–water partition coefficient (Wildman–Crippen LogP) is 4.43. The van der Waals surface area contributed by atoms with Crippen molar-refractivity contribution in [2.45, 2.75) is 33.2 Å². The minimum atomic E-state index is -0.0988. The van der Waals surface area contributed by atoms with Gasteiger partial charge in [0, 0.05) is 23.6 Å². The lowest BCUT2D eigenvalue weighted by Crippen LogP contribution is -2.36. The SMILES string of the molecule is Cc1cc(C)cc(Nc2nccc(C(=O)N3c4ccccc4CC3C)n2)c1. The molecule has 0 radical (unpaired) electrons. The van der Waals surface area contributed by atoms with E-state index in [1.165, 1.54) is 5.56 Å². The minimum absolute atomic E-state index is 0.0988. The fourth-order valence-corrected chi connectivity index (χ4v) is 3.71. The molecular formula is C22H22N4O. The maximum absolute atomic E-state index is 13.1. The van der Waals surface area contributed by atoms with Crippen LogP contribution in [0.1, 0.15) is 34.1 Å². The number of nitrogens with one attached hydrogen (secondary N) is 1. The van der Waals surface area contributed by atoms with E-state index in [0.717, 1.165) is 28.9 Å². The van der Waals surface area contributed by atoms with Crippen LogP contribution >= 0.6 is 0 Å². The van der Waals surface area contributed by atoms with Crippen molar-refractivity contribution in [2.24, 2.45) is 0 Å². The van der Waals surface area contributed by atoms with E-state index in [2.05, 4.69) is 34.3 Å². The highest BCUT2D eigenvalue weighted by molar-refractivity contribution is 6.06. The van der Waals surface area contributed by atoms with Crippen LogP contribution in [-0.2, 0) is 6.42 Å². The first-order valence-electron chi connectivity index (χ1n) is 9.11. The van der Waals surface area contributed by atoms with Gasteiger partial charge in [0.1, 0.15) is 5.69 Å². The molecular weight excluding hydrogens is 336 g/mol. The molecule has 1 atom stereocenters. The molecule has 0 aliphatic carbocycles. The summed E-state index contributed by atoms with van der Waals surface area (Å²) in [5, 5.41) is 3.21. The highest BCUT2D eigenvalue weighted by Crippen LogP contribution is 2.32. The molecule has 27 heavy (non-hydrogen) atoms. The van der Waals surface area contributed by atoms with Gasteiger partial charge in [0.15, 0.2) is 0 Å². The molecule has 2 heterocycles. The third-order valence-corrected chi connectivity index (χ3v) is 4.78. The number of nitrogens with zero attached hydrogens (tertiary/aromatic N) is 3. The summed E-state index contributed by atoms with van der Waals surface area (Å²) in [6.45, 7) is 6.16.